The Bertz CT molecular complexity index is 281. The van der Waals surface area contributed by atoms with Gasteiger partial charge in [0.25, 0.3) is 0 Å². The van der Waals surface area contributed by atoms with Gasteiger partial charge in [0.2, 0.25) is 0 Å². The molecule has 0 aromatic rings. The highest BCUT2D eigenvalue weighted by atomic mass is 16.4. The molecule has 1 aliphatic heterocycles. The van der Waals surface area contributed by atoms with Gasteiger partial charge in [0, 0.05) is 19.1 Å². The van der Waals surface area contributed by atoms with Gasteiger partial charge in [-0.15, -0.1) is 0 Å². The predicted molar refractivity (Wildman–Crippen MR) is 64.8 cm³/mol. The third-order valence-corrected chi connectivity index (χ3v) is 3.41. The number of urea groups is 1. The molecule has 1 saturated heterocycles. The smallest absolute Gasteiger partial charge is 0.317 e. The lowest BCUT2D eigenvalue weighted by Crippen LogP contribution is -2.48. The molecule has 2 unspecified atom stereocenters. The van der Waals surface area contributed by atoms with Crippen molar-refractivity contribution in [2.24, 2.45) is 5.92 Å². The van der Waals surface area contributed by atoms with Crippen molar-refractivity contribution in [3.05, 3.63) is 0 Å². The third-order valence-electron chi connectivity index (χ3n) is 3.41. The molecular formula is C12H22N2O3. The molecule has 0 spiro atoms. The quantitative estimate of drug-likeness (QED) is 0.788. The van der Waals surface area contributed by atoms with Crippen LogP contribution in [0.1, 0.15) is 39.5 Å². The Morgan fingerprint density at radius 1 is 1.47 bits per heavy atom. The van der Waals surface area contributed by atoms with Crippen LogP contribution in [0.2, 0.25) is 0 Å². The zero-order chi connectivity index (χ0) is 12.8. The number of piperidine rings is 1. The maximum atomic E-state index is 11.9. The van der Waals surface area contributed by atoms with E-state index in [0.717, 1.165) is 25.8 Å². The molecule has 5 nitrogen and oxygen atoms in total. The number of carbonyl (C=O) groups is 2. The van der Waals surface area contributed by atoms with Crippen LogP contribution < -0.4 is 5.32 Å². The summed E-state index contributed by atoms with van der Waals surface area (Å²) in [6.45, 7) is 4.84. The molecule has 0 aromatic carbocycles. The van der Waals surface area contributed by atoms with Gasteiger partial charge < -0.3 is 15.3 Å². The molecule has 0 radical (unpaired) electrons. The topological polar surface area (TPSA) is 69.6 Å². The second kappa shape index (κ2) is 6.47. The van der Waals surface area contributed by atoms with Crippen LogP contribution in [-0.2, 0) is 4.79 Å². The molecule has 0 aromatic heterocycles. The summed E-state index contributed by atoms with van der Waals surface area (Å²) in [5.74, 6) is -1.33. The van der Waals surface area contributed by atoms with Crippen molar-refractivity contribution in [2.45, 2.75) is 45.6 Å². The normalized spacial score (nSPS) is 22.0. The van der Waals surface area contributed by atoms with Gasteiger partial charge in [0.15, 0.2) is 0 Å². The number of amides is 2. The van der Waals surface area contributed by atoms with Crippen LogP contribution in [0.25, 0.3) is 0 Å². The average Bonchev–Trinajstić information content (AvgIpc) is 2.29. The van der Waals surface area contributed by atoms with Gasteiger partial charge in [0.1, 0.15) is 0 Å². The Kier molecular flexibility index (Phi) is 5.25. The van der Waals surface area contributed by atoms with Crippen molar-refractivity contribution in [2.75, 3.05) is 13.1 Å². The van der Waals surface area contributed by atoms with Crippen LogP contribution in [0.3, 0.4) is 0 Å². The summed E-state index contributed by atoms with van der Waals surface area (Å²) in [6.07, 6.45) is 3.76. The second-order valence-electron chi connectivity index (χ2n) is 4.67. The van der Waals surface area contributed by atoms with E-state index in [0.29, 0.717) is 6.42 Å². The van der Waals surface area contributed by atoms with E-state index in [1.54, 1.807) is 4.90 Å². The Morgan fingerprint density at radius 3 is 2.71 bits per heavy atom. The maximum Gasteiger partial charge on any atom is 0.317 e. The van der Waals surface area contributed by atoms with Crippen LogP contribution in [0.5, 0.6) is 0 Å². The molecule has 1 rings (SSSR count). The lowest BCUT2D eigenvalue weighted by Gasteiger charge is -2.33. The number of carbonyl (C=O) groups excluding carboxylic acids is 1. The highest BCUT2D eigenvalue weighted by Crippen LogP contribution is 2.16. The van der Waals surface area contributed by atoms with Crippen LogP contribution in [0, 0.1) is 5.92 Å². The fourth-order valence-corrected chi connectivity index (χ4v) is 2.12. The SMILES string of the molecule is CCC(CNC(=O)N1CCCCC1C)C(=O)O. The number of hydrogen-bond donors (Lipinski definition) is 2. The molecule has 0 saturated carbocycles. The van der Waals surface area contributed by atoms with Gasteiger partial charge in [-0.05, 0) is 32.6 Å². The summed E-state index contributed by atoms with van der Waals surface area (Å²) in [5, 5.41) is 11.6. The molecule has 5 heteroatoms. The van der Waals surface area contributed by atoms with E-state index in [-0.39, 0.29) is 18.6 Å². The van der Waals surface area contributed by atoms with Crippen molar-refractivity contribution >= 4 is 12.0 Å². The Morgan fingerprint density at radius 2 is 2.18 bits per heavy atom. The molecule has 98 valence electrons. The first-order chi connectivity index (χ1) is 8.06. The van der Waals surface area contributed by atoms with Crippen LogP contribution in [0.15, 0.2) is 0 Å². The monoisotopic (exact) mass is 242 g/mol. The Labute approximate surface area is 102 Å². The van der Waals surface area contributed by atoms with E-state index in [9.17, 15) is 9.59 Å². The maximum absolute atomic E-state index is 11.9. The molecule has 1 fully saturated rings. The summed E-state index contributed by atoms with van der Waals surface area (Å²) in [6, 6.07) is 0.130. The zero-order valence-corrected chi connectivity index (χ0v) is 10.6. The number of carboxylic acid groups (broad SMARTS) is 1. The number of aliphatic carboxylic acids is 1. The van der Waals surface area contributed by atoms with Gasteiger partial charge in [0.05, 0.1) is 5.92 Å². The van der Waals surface area contributed by atoms with E-state index >= 15 is 0 Å². The van der Waals surface area contributed by atoms with Gasteiger partial charge in [-0.2, -0.15) is 0 Å². The van der Waals surface area contributed by atoms with Gasteiger partial charge >= 0.3 is 12.0 Å². The summed E-state index contributed by atoms with van der Waals surface area (Å²) in [5.41, 5.74) is 0. The van der Waals surface area contributed by atoms with Crippen molar-refractivity contribution in [3.63, 3.8) is 0 Å². The number of nitrogens with one attached hydrogen (secondary N) is 1. The zero-order valence-electron chi connectivity index (χ0n) is 10.6. The summed E-state index contributed by atoms with van der Waals surface area (Å²) in [7, 11) is 0. The van der Waals surface area contributed by atoms with Crippen LogP contribution >= 0.6 is 0 Å². The van der Waals surface area contributed by atoms with E-state index in [4.69, 9.17) is 5.11 Å². The fraction of sp³-hybridized carbons (Fsp3) is 0.833. The summed E-state index contributed by atoms with van der Waals surface area (Å²) in [4.78, 5) is 24.5. The largest absolute Gasteiger partial charge is 0.481 e. The van der Waals surface area contributed by atoms with Gasteiger partial charge in [-0.25, -0.2) is 4.79 Å². The number of carboxylic acids is 1. The van der Waals surface area contributed by atoms with Crippen LogP contribution in [0.4, 0.5) is 4.79 Å². The van der Waals surface area contributed by atoms with E-state index < -0.39 is 11.9 Å². The first-order valence-electron chi connectivity index (χ1n) is 6.33. The van der Waals surface area contributed by atoms with Crippen LogP contribution in [-0.4, -0.2) is 41.1 Å². The standard InChI is InChI=1S/C12H22N2O3/c1-3-10(11(15)16)8-13-12(17)14-7-5-4-6-9(14)2/h9-10H,3-8H2,1-2H3,(H,13,17)(H,15,16). The molecule has 2 N–H and O–H groups in total. The Hall–Kier alpha value is -1.26. The van der Waals surface area contributed by atoms with Crippen molar-refractivity contribution in [1.82, 2.24) is 10.2 Å². The minimum Gasteiger partial charge on any atom is -0.481 e. The number of rotatable bonds is 4. The summed E-state index contributed by atoms with van der Waals surface area (Å²) >= 11 is 0. The number of nitrogens with zero attached hydrogens (tertiary/aromatic N) is 1. The van der Waals surface area contributed by atoms with E-state index in [1.807, 2.05) is 13.8 Å². The molecule has 2 atom stereocenters. The number of hydrogen-bond acceptors (Lipinski definition) is 2. The van der Waals surface area contributed by atoms with Crippen molar-refractivity contribution in [1.29, 1.82) is 0 Å². The average molecular weight is 242 g/mol. The molecule has 0 aliphatic carbocycles. The first kappa shape index (κ1) is 13.8. The molecule has 0 bridgehead atoms. The predicted octanol–water partition coefficient (Wildman–Crippen LogP) is 1.68. The highest BCUT2D eigenvalue weighted by Gasteiger charge is 2.24. The molecule has 2 amide bonds. The van der Waals surface area contributed by atoms with Gasteiger partial charge in [-0.3, -0.25) is 4.79 Å². The van der Waals surface area contributed by atoms with Crippen molar-refractivity contribution in [3.8, 4) is 0 Å². The van der Waals surface area contributed by atoms with E-state index in [1.165, 1.54) is 0 Å². The first-order valence-corrected chi connectivity index (χ1v) is 6.33. The molecule has 17 heavy (non-hydrogen) atoms. The van der Waals surface area contributed by atoms with Crippen molar-refractivity contribution < 1.29 is 14.7 Å². The third kappa shape index (κ3) is 3.91. The lowest BCUT2D eigenvalue weighted by atomic mass is 10.0. The lowest BCUT2D eigenvalue weighted by molar-refractivity contribution is -0.141. The summed E-state index contributed by atoms with van der Waals surface area (Å²) < 4.78 is 0. The fourth-order valence-electron chi connectivity index (χ4n) is 2.12. The second-order valence-corrected chi connectivity index (χ2v) is 4.67. The van der Waals surface area contributed by atoms with E-state index in [2.05, 4.69) is 5.32 Å². The number of likely N-dealkylation sites (tertiary alicyclic amines) is 1. The molecular weight excluding hydrogens is 220 g/mol. The highest BCUT2D eigenvalue weighted by molar-refractivity contribution is 5.76. The molecule has 1 aliphatic rings. The van der Waals surface area contributed by atoms with Gasteiger partial charge in [-0.1, -0.05) is 6.92 Å². The Balaban J connectivity index is 2.40. The minimum absolute atomic E-state index is 0.128. The minimum atomic E-state index is -0.848. The molecule has 1 heterocycles.